The molecule has 1 aromatic carbocycles. The van der Waals surface area contributed by atoms with Crippen LogP contribution >= 0.6 is 0 Å². The Bertz CT molecular complexity index is 729. The summed E-state index contributed by atoms with van der Waals surface area (Å²) in [6, 6.07) is 6.15. The van der Waals surface area contributed by atoms with Crippen molar-refractivity contribution in [1.82, 2.24) is 25.4 Å². The lowest BCUT2D eigenvalue weighted by Crippen LogP contribution is -2.37. The van der Waals surface area contributed by atoms with E-state index in [1.807, 2.05) is 24.5 Å². The Morgan fingerprint density at radius 3 is 2.81 bits per heavy atom. The summed E-state index contributed by atoms with van der Waals surface area (Å²) < 4.78 is 12.9. The van der Waals surface area contributed by atoms with Crippen LogP contribution in [-0.2, 0) is 24.4 Å². The van der Waals surface area contributed by atoms with Gasteiger partial charge in [-0.15, -0.1) is 10.2 Å². The summed E-state index contributed by atoms with van der Waals surface area (Å²) in [7, 11) is 1.67. The zero-order valence-corrected chi connectivity index (χ0v) is 16.7. The molecule has 8 nitrogen and oxygen atoms in total. The molecule has 1 aromatic heterocycles. The molecule has 148 valence electrons. The summed E-state index contributed by atoms with van der Waals surface area (Å²) in [6.45, 7) is 9.90. The van der Waals surface area contributed by atoms with Crippen LogP contribution < -0.4 is 15.4 Å². The van der Waals surface area contributed by atoms with Crippen LogP contribution in [0.15, 0.2) is 29.5 Å². The van der Waals surface area contributed by atoms with Crippen LogP contribution in [0.25, 0.3) is 0 Å². The first-order chi connectivity index (χ1) is 13.2. The average molecular weight is 374 g/mol. The minimum atomic E-state index is 0.512. The van der Waals surface area contributed by atoms with Crippen LogP contribution in [0.5, 0.6) is 5.75 Å². The number of hydrogen-bond donors (Lipinski definition) is 2. The van der Waals surface area contributed by atoms with Gasteiger partial charge in [0.15, 0.2) is 11.8 Å². The molecule has 0 fully saturated rings. The summed E-state index contributed by atoms with van der Waals surface area (Å²) in [6.07, 6.45) is 1.73. The summed E-state index contributed by atoms with van der Waals surface area (Å²) in [5.41, 5.74) is 2.18. The molecule has 2 N–H and O–H groups in total. The zero-order valence-electron chi connectivity index (χ0n) is 16.7. The Kier molecular flexibility index (Phi) is 8.57. The predicted octanol–water partition coefficient (Wildman–Crippen LogP) is 1.89. The number of nitrogens with zero attached hydrogens (tertiary/aromatic N) is 4. The molecule has 2 rings (SSSR count). The van der Waals surface area contributed by atoms with E-state index in [0.717, 1.165) is 41.7 Å². The Labute approximate surface area is 161 Å². The lowest BCUT2D eigenvalue weighted by molar-refractivity contribution is 0.145. The van der Waals surface area contributed by atoms with Gasteiger partial charge in [0.25, 0.3) is 0 Å². The van der Waals surface area contributed by atoms with Crippen LogP contribution in [0.4, 0.5) is 0 Å². The minimum absolute atomic E-state index is 0.512. The van der Waals surface area contributed by atoms with E-state index in [0.29, 0.717) is 26.3 Å². The fourth-order valence-corrected chi connectivity index (χ4v) is 2.51. The van der Waals surface area contributed by atoms with Crippen molar-refractivity contribution in [3.63, 3.8) is 0 Å². The molecule has 2 aromatic rings. The SMILES string of the molecule is CCNC(=NCc1ccc(C)cc1OCCOC)NCc1nncn1CC. The van der Waals surface area contributed by atoms with E-state index < -0.39 is 0 Å². The van der Waals surface area contributed by atoms with Crippen molar-refractivity contribution in [1.29, 1.82) is 0 Å². The topological polar surface area (TPSA) is 85.6 Å². The van der Waals surface area contributed by atoms with E-state index in [4.69, 9.17) is 9.47 Å². The summed E-state index contributed by atoms with van der Waals surface area (Å²) in [5, 5.41) is 14.7. The largest absolute Gasteiger partial charge is 0.491 e. The van der Waals surface area contributed by atoms with E-state index in [2.05, 4.69) is 44.9 Å². The number of rotatable bonds is 10. The van der Waals surface area contributed by atoms with Gasteiger partial charge in [0, 0.05) is 25.8 Å². The van der Waals surface area contributed by atoms with Crippen molar-refractivity contribution in [2.75, 3.05) is 26.9 Å². The second-order valence-corrected chi connectivity index (χ2v) is 6.03. The Balaban J connectivity index is 2.05. The van der Waals surface area contributed by atoms with E-state index in [9.17, 15) is 0 Å². The van der Waals surface area contributed by atoms with Crippen LogP contribution in [0.2, 0.25) is 0 Å². The number of benzene rings is 1. The number of hydrogen-bond acceptors (Lipinski definition) is 5. The molecule has 0 bridgehead atoms. The normalized spacial score (nSPS) is 11.5. The third-order valence-corrected chi connectivity index (χ3v) is 3.97. The Hall–Kier alpha value is -2.61. The van der Waals surface area contributed by atoms with Crippen molar-refractivity contribution < 1.29 is 9.47 Å². The van der Waals surface area contributed by atoms with E-state index in [1.54, 1.807) is 13.4 Å². The highest BCUT2D eigenvalue weighted by Crippen LogP contribution is 2.21. The van der Waals surface area contributed by atoms with Crippen LogP contribution in [0.1, 0.15) is 30.8 Å². The second-order valence-electron chi connectivity index (χ2n) is 6.03. The first-order valence-corrected chi connectivity index (χ1v) is 9.28. The molecule has 0 aliphatic rings. The molecule has 0 radical (unpaired) electrons. The molecule has 0 amide bonds. The van der Waals surface area contributed by atoms with Crippen molar-refractivity contribution >= 4 is 5.96 Å². The van der Waals surface area contributed by atoms with E-state index >= 15 is 0 Å². The zero-order chi connectivity index (χ0) is 19.5. The maximum atomic E-state index is 5.84. The second kappa shape index (κ2) is 11.2. The molecular formula is C19H30N6O2. The molecule has 27 heavy (non-hydrogen) atoms. The van der Waals surface area contributed by atoms with Gasteiger partial charge in [-0.1, -0.05) is 12.1 Å². The Morgan fingerprint density at radius 1 is 1.22 bits per heavy atom. The van der Waals surface area contributed by atoms with Gasteiger partial charge in [-0.3, -0.25) is 0 Å². The maximum absolute atomic E-state index is 5.84. The fraction of sp³-hybridized carbons (Fsp3) is 0.526. The quantitative estimate of drug-likeness (QED) is 0.375. The van der Waals surface area contributed by atoms with Gasteiger partial charge in [0.1, 0.15) is 18.7 Å². The van der Waals surface area contributed by atoms with Gasteiger partial charge in [0.2, 0.25) is 0 Å². The lowest BCUT2D eigenvalue weighted by Gasteiger charge is -2.13. The third kappa shape index (κ3) is 6.56. The van der Waals surface area contributed by atoms with Gasteiger partial charge in [-0.2, -0.15) is 0 Å². The standard InChI is InChI=1S/C19H30N6O2/c1-5-20-19(22-13-18-24-23-14-25(18)6-2)21-12-16-8-7-15(3)11-17(16)27-10-9-26-4/h7-8,11,14H,5-6,9-10,12-13H2,1-4H3,(H2,20,21,22). The number of methoxy groups -OCH3 is 1. The summed E-state index contributed by atoms with van der Waals surface area (Å²) in [5.74, 6) is 2.45. The minimum Gasteiger partial charge on any atom is -0.491 e. The van der Waals surface area contributed by atoms with Crippen molar-refractivity contribution in [2.24, 2.45) is 4.99 Å². The Morgan fingerprint density at radius 2 is 2.07 bits per heavy atom. The van der Waals surface area contributed by atoms with Gasteiger partial charge < -0.3 is 24.7 Å². The van der Waals surface area contributed by atoms with Crippen LogP contribution in [0, 0.1) is 6.92 Å². The molecule has 0 aliphatic carbocycles. The molecule has 0 unspecified atom stereocenters. The van der Waals surface area contributed by atoms with E-state index in [-0.39, 0.29) is 0 Å². The number of aryl methyl sites for hydroxylation is 2. The number of guanidine groups is 1. The maximum Gasteiger partial charge on any atom is 0.191 e. The molecule has 0 spiro atoms. The molecular weight excluding hydrogens is 344 g/mol. The molecule has 0 saturated heterocycles. The summed E-state index contributed by atoms with van der Waals surface area (Å²) in [4.78, 5) is 4.68. The molecule has 0 aliphatic heterocycles. The van der Waals surface area contributed by atoms with Crippen molar-refractivity contribution in [3.8, 4) is 5.75 Å². The number of ether oxygens (including phenoxy) is 2. The monoisotopic (exact) mass is 374 g/mol. The van der Waals surface area contributed by atoms with Crippen LogP contribution in [-0.4, -0.2) is 47.6 Å². The number of nitrogens with one attached hydrogen (secondary N) is 2. The average Bonchev–Trinajstić information content (AvgIpc) is 3.13. The highest BCUT2D eigenvalue weighted by Gasteiger charge is 2.07. The summed E-state index contributed by atoms with van der Waals surface area (Å²) >= 11 is 0. The molecule has 1 heterocycles. The molecule has 8 heteroatoms. The van der Waals surface area contributed by atoms with Crippen molar-refractivity contribution in [3.05, 3.63) is 41.5 Å². The highest BCUT2D eigenvalue weighted by atomic mass is 16.5. The highest BCUT2D eigenvalue weighted by molar-refractivity contribution is 5.79. The van der Waals surface area contributed by atoms with Crippen LogP contribution in [0.3, 0.4) is 0 Å². The van der Waals surface area contributed by atoms with E-state index in [1.165, 1.54) is 0 Å². The van der Waals surface area contributed by atoms with Gasteiger partial charge in [-0.05, 0) is 32.4 Å². The fourth-order valence-electron chi connectivity index (χ4n) is 2.51. The predicted molar refractivity (Wildman–Crippen MR) is 106 cm³/mol. The van der Waals surface area contributed by atoms with Gasteiger partial charge in [-0.25, -0.2) is 4.99 Å². The number of aromatic nitrogens is 3. The molecule has 0 saturated carbocycles. The first kappa shape index (κ1) is 20.7. The molecule has 0 atom stereocenters. The number of aliphatic imine (C=N–C) groups is 1. The lowest BCUT2D eigenvalue weighted by atomic mass is 10.1. The first-order valence-electron chi connectivity index (χ1n) is 9.28. The van der Waals surface area contributed by atoms with Crippen molar-refractivity contribution in [2.45, 2.75) is 40.4 Å². The van der Waals surface area contributed by atoms with Gasteiger partial charge >= 0.3 is 0 Å². The van der Waals surface area contributed by atoms with Gasteiger partial charge in [0.05, 0.1) is 19.7 Å². The third-order valence-electron chi connectivity index (χ3n) is 3.97. The smallest absolute Gasteiger partial charge is 0.191 e.